The molecule has 2 nitrogen and oxygen atoms in total. The van der Waals surface area contributed by atoms with Crippen molar-refractivity contribution < 1.29 is 4.39 Å². The molecule has 1 aromatic rings. The molecule has 1 aliphatic rings. The highest BCUT2D eigenvalue weighted by Gasteiger charge is 2.11. The minimum Gasteiger partial charge on any atom is -0.367 e. The van der Waals surface area contributed by atoms with Gasteiger partial charge in [-0.1, -0.05) is 25.7 Å². The van der Waals surface area contributed by atoms with E-state index in [9.17, 15) is 4.39 Å². The summed E-state index contributed by atoms with van der Waals surface area (Å²) in [4.78, 5) is 4.02. The smallest absolute Gasteiger partial charge is 0.141 e. The maximum atomic E-state index is 12.6. The molecule has 0 saturated heterocycles. The van der Waals surface area contributed by atoms with E-state index in [0.717, 1.165) is 5.82 Å². The predicted molar refractivity (Wildman–Crippen MR) is 59.3 cm³/mol. The summed E-state index contributed by atoms with van der Waals surface area (Å²) in [6.45, 7) is 0. The van der Waals surface area contributed by atoms with Gasteiger partial charge in [0.05, 0.1) is 6.20 Å². The Labute approximate surface area is 89.9 Å². The van der Waals surface area contributed by atoms with Crippen molar-refractivity contribution in [2.75, 3.05) is 5.32 Å². The van der Waals surface area contributed by atoms with E-state index in [0.29, 0.717) is 6.04 Å². The predicted octanol–water partition coefficient (Wildman–Crippen LogP) is 3.36. The zero-order valence-electron chi connectivity index (χ0n) is 8.88. The molecule has 2 rings (SSSR count). The minimum absolute atomic E-state index is 0.276. The first kappa shape index (κ1) is 10.4. The van der Waals surface area contributed by atoms with Gasteiger partial charge in [0.1, 0.15) is 11.6 Å². The number of anilines is 1. The van der Waals surface area contributed by atoms with Crippen LogP contribution in [0.2, 0.25) is 0 Å². The second-order valence-electron chi connectivity index (χ2n) is 4.19. The normalized spacial score (nSPS) is 18.5. The van der Waals surface area contributed by atoms with Crippen molar-refractivity contribution in [2.24, 2.45) is 0 Å². The molecule has 0 aliphatic heterocycles. The Kier molecular flexibility index (Phi) is 3.54. The van der Waals surface area contributed by atoms with Gasteiger partial charge in [-0.15, -0.1) is 0 Å². The lowest BCUT2D eigenvalue weighted by atomic mass is 10.1. The van der Waals surface area contributed by atoms with Gasteiger partial charge in [-0.25, -0.2) is 9.37 Å². The minimum atomic E-state index is -0.276. The lowest BCUT2D eigenvalue weighted by Gasteiger charge is -2.16. The number of aromatic nitrogens is 1. The van der Waals surface area contributed by atoms with Gasteiger partial charge in [0.15, 0.2) is 0 Å². The fourth-order valence-electron chi connectivity index (χ4n) is 2.09. The average molecular weight is 208 g/mol. The van der Waals surface area contributed by atoms with Crippen LogP contribution in [-0.2, 0) is 0 Å². The summed E-state index contributed by atoms with van der Waals surface area (Å²) in [7, 11) is 0. The standard InChI is InChI=1S/C12H17FN2/c13-10-7-8-12(14-9-10)15-11-5-3-1-2-4-6-11/h7-9,11H,1-6H2,(H,14,15). The first-order valence-corrected chi connectivity index (χ1v) is 5.73. The topological polar surface area (TPSA) is 24.9 Å². The maximum Gasteiger partial charge on any atom is 0.141 e. The molecule has 0 radical (unpaired) electrons. The lowest BCUT2D eigenvalue weighted by Crippen LogP contribution is -2.18. The molecule has 15 heavy (non-hydrogen) atoms. The van der Waals surface area contributed by atoms with Crippen molar-refractivity contribution in [1.29, 1.82) is 0 Å². The van der Waals surface area contributed by atoms with Gasteiger partial charge in [-0.3, -0.25) is 0 Å². The molecular formula is C12H17FN2. The van der Waals surface area contributed by atoms with Crippen LogP contribution in [-0.4, -0.2) is 11.0 Å². The number of hydrogen-bond acceptors (Lipinski definition) is 2. The van der Waals surface area contributed by atoms with Gasteiger partial charge in [0.25, 0.3) is 0 Å². The largest absolute Gasteiger partial charge is 0.367 e. The summed E-state index contributed by atoms with van der Waals surface area (Å²) in [6.07, 6.45) is 8.94. The van der Waals surface area contributed by atoms with Crippen molar-refractivity contribution in [3.8, 4) is 0 Å². The van der Waals surface area contributed by atoms with Gasteiger partial charge in [-0.05, 0) is 25.0 Å². The molecule has 0 unspecified atom stereocenters. The van der Waals surface area contributed by atoms with Crippen LogP contribution in [0.25, 0.3) is 0 Å². The molecule has 82 valence electrons. The number of nitrogens with zero attached hydrogens (tertiary/aromatic N) is 1. The molecule has 1 N–H and O–H groups in total. The summed E-state index contributed by atoms with van der Waals surface area (Å²) >= 11 is 0. The Morgan fingerprint density at radius 2 is 1.87 bits per heavy atom. The molecule has 1 aromatic heterocycles. The van der Waals surface area contributed by atoms with Crippen molar-refractivity contribution in [2.45, 2.75) is 44.6 Å². The molecule has 0 amide bonds. The quantitative estimate of drug-likeness (QED) is 0.754. The number of nitrogens with one attached hydrogen (secondary N) is 1. The molecular weight excluding hydrogens is 191 g/mol. The van der Waals surface area contributed by atoms with Crippen LogP contribution >= 0.6 is 0 Å². The van der Waals surface area contributed by atoms with Gasteiger partial charge in [-0.2, -0.15) is 0 Å². The van der Waals surface area contributed by atoms with Crippen molar-refractivity contribution in [3.05, 3.63) is 24.1 Å². The fourth-order valence-corrected chi connectivity index (χ4v) is 2.09. The number of pyridine rings is 1. The monoisotopic (exact) mass is 208 g/mol. The van der Waals surface area contributed by atoms with E-state index in [4.69, 9.17) is 0 Å². The first-order valence-electron chi connectivity index (χ1n) is 5.73. The van der Waals surface area contributed by atoms with Crippen molar-refractivity contribution >= 4 is 5.82 Å². The van der Waals surface area contributed by atoms with Crippen LogP contribution in [0.4, 0.5) is 10.2 Å². The summed E-state index contributed by atoms with van der Waals surface area (Å²) in [6, 6.07) is 3.68. The van der Waals surface area contributed by atoms with Gasteiger partial charge in [0.2, 0.25) is 0 Å². The van der Waals surface area contributed by atoms with Crippen molar-refractivity contribution in [3.63, 3.8) is 0 Å². The van der Waals surface area contributed by atoms with E-state index in [1.807, 2.05) is 0 Å². The highest BCUT2D eigenvalue weighted by Crippen LogP contribution is 2.20. The highest BCUT2D eigenvalue weighted by atomic mass is 19.1. The van der Waals surface area contributed by atoms with E-state index in [1.165, 1.54) is 50.8 Å². The SMILES string of the molecule is Fc1ccc(NC2CCCCCC2)nc1. The molecule has 1 aliphatic carbocycles. The van der Waals surface area contributed by atoms with Crippen molar-refractivity contribution in [1.82, 2.24) is 4.98 Å². The maximum absolute atomic E-state index is 12.6. The fraction of sp³-hybridized carbons (Fsp3) is 0.583. The summed E-state index contributed by atoms with van der Waals surface area (Å²) in [5.41, 5.74) is 0. The van der Waals surface area contributed by atoms with E-state index in [2.05, 4.69) is 10.3 Å². The number of hydrogen-bond donors (Lipinski definition) is 1. The Bertz CT molecular complexity index is 289. The van der Waals surface area contributed by atoms with Crippen LogP contribution in [0.15, 0.2) is 18.3 Å². The van der Waals surface area contributed by atoms with Crippen LogP contribution in [0, 0.1) is 5.82 Å². The third kappa shape index (κ3) is 3.18. The van der Waals surface area contributed by atoms with E-state index in [1.54, 1.807) is 6.07 Å². The van der Waals surface area contributed by atoms with E-state index >= 15 is 0 Å². The number of halogens is 1. The lowest BCUT2D eigenvalue weighted by molar-refractivity contribution is 0.610. The molecule has 1 saturated carbocycles. The van der Waals surface area contributed by atoms with Gasteiger partial charge in [0, 0.05) is 6.04 Å². The highest BCUT2D eigenvalue weighted by molar-refractivity contribution is 5.34. The third-order valence-corrected chi connectivity index (χ3v) is 2.93. The summed E-state index contributed by atoms with van der Waals surface area (Å²) in [5, 5.41) is 3.37. The first-order chi connectivity index (χ1) is 7.34. The molecule has 0 atom stereocenters. The Morgan fingerprint density at radius 1 is 1.13 bits per heavy atom. The Balaban J connectivity index is 1.92. The second kappa shape index (κ2) is 5.10. The molecule has 1 heterocycles. The van der Waals surface area contributed by atoms with Gasteiger partial charge >= 0.3 is 0 Å². The molecule has 1 fully saturated rings. The Morgan fingerprint density at radius 3 is 2.47 bits per heavy atom. The van der Waals surface area contributed by atoms with Crippen LogP contribution in [0.3, 0.4) is 0 Å². The molecule has 0 aromatic carbocycles. The number of rotatable bonds is 2. The molecule has 0 spiro atoms. The van der Waals surface area contributed by atoms with Crippen LogP contribution < -0.4 is 5.32 Å². The summed E-state index contributed by atoms with van der Waals surface area (Å²) in [5.74, 6) is 0.518. The summed E-state index contributed by atoms with van der Waals surface area (Å²) < 4.78 is 12.6. The van der Waals surface area contributed by atoms with Crippen LogP contribution in [0.1, 0.15) is 38.5 Å². The molecule has 3 heteroatoms. The zero-order chi connectivity index (χ0) is 10.5. The Hall–Kier alpha value is -1.12. The third-order valence-electron chi connectivity index (χ3n) is 2.93. The zero-order valence-corrected chi connectivity index (χ0v) is 8.88. The van der Waals surface area contributed by atoms with Crippen LogP contribution in [0.5, 0.6) is 0 Å². The van der Waals surface area contributed by atoms with E-state index < -0.39 is 0 Å². The average Bonchev–Trinajstić information content (AvgIpc) is 2.50. The van der Waals surface area contributed by atoms with Gasteiger partial charge < -0.3 is 5.32 Å². The molecule has 0 bridgehead atoms. The van der Waals surface area contributed by atoms with E-state index in [-0.39, 0.29) is 5.82 Å². The second-order valence-corrected chi connectivity index (χ2v) is 4.19.